The molecule has 0 spiro atoms. The lowest BCUT2D eigenvalue weighted by Gasteiger charge is -2.07. The number of hydrogen-bond donors (Lipinski definition) is 2. The van der Waals surface area contributed by atoms with Crippen LogP contribution in [-0.4, -0.2) is 18.9 Å². The highest BCUT2D eigenvalue weighted by Crippen LogP contribution is 2.17. The average Bonchev–Trinajstić information content (AvgIpc) is 2.30. The van der Waals surface area contributed by atoms with Gasteiger partial charge in [0.2, 0.25) is 0 Å². The molecule has 0 amide bonds. The standard InChI is InChI=1S/C11H12N2O2/c1-15-11(14)10(7-13)9-5-3-2-4-8(9)6-12/h2-5,13H,6,12H2,1H3. The molecule has 1 rings (SSSR count). The number of carbonyl (C=O) groups is 1. The number of methoxy groups -OCH3 is 1. The van der Waals surface area contributed by atoms with Crippen molar-refractivity contribution in [3.8, 4) is 0 Å². The number of ether oxygens (including phenoxy) is 1. The van der Waals surface area contributed by atoms with Crippen LogP contribution in [0.3, 0.4) is 0 Å². The second kappa shape index (κ2) is 5.10. The van der Waals surface area contributed by atoms with Gasteiger partial charge in [-0.1, -0.05) is 24.3 Å². The summed E-state index contributed by atoms with van der Waals surface area (Å²) in [7, 11) is 1.27. The average molecular weight is 204 g/mol. The van der Waals surface area contributed by atoms with Gasteiger partial charge in [-0.3, -0.25) is 5.41 Å². The Hall–Kier alpha value is -1.90. The van der Waals surface area contributed by atoms with E-state index in [4.69, 9.17) is 11.1 Å². The smallest absolute Gasteiger partial charge is 0.348 e. The van der Waals surface area contributed by atoms with Crippen LogP contribution in [-0.2, 0) is 16.1 Å². The van der Waals surface area contributed by atoms with Gasteiger partial charge in [-0.05, 0) is 11.4 Å². The van der Waals surface area contributed by atoms with E-state index in [-0.39, 0.29) is 5.57 Å². The summed E-state index contributed by atoms with van der Waals surface area (Å²) in [5.41, 5.74) is 7.01. The van der Waals surface area contributed by atoms with Crippen molar-refractivity contribution in [3.63, 3.8) is 0 Å². The Morgan fingerprint density at radius 1 is 1.53 bits per heavy atom. The van der Waals surface area contributed by atoms with Crippen LogP contribution in [0, 0.1) is 5.41 Å². The van der Waals surface area contributed by atoms with Gasteiger partial charge in [0, 0.05) is 12.1 Å². The Balaban J connectivity index is 3.25. The third-order valence-corrected chi connectivity index (χ3v) is 2.02. The SMILES string of the molecule is COC(=O)C(=C=N)c1ccccc1CN. The fourth-order valence-corrected chi connectivity index (χ4v) is 1.27. The van der Waals surface area contributed by atoms with E-state index >= 15 is 0 Å². The molecule has 3 N–H and O–H groups in total. The van der Waals surface area contributed by atoms with Crippen molar-refractivity contribution in [2.45, 2.75) is 6.54 Å². The zero-order valence-corrected chi connectivity index (χ0v) is 8.41. The van der Waals surface area contributed by atoms with Crippen LogP contribution in [0.5, 0.6) is 0 Å². The first-order valence-electron chi connectivity index (χ1n) is 4.41. The summed E-state index contributed by atoms with van der Waals surface area (Å²) in [6.07, 6.45) is 0. The fraction of sp³-hybridized carbons (Fsp3) is 0.182. The minimum Gasteiger partial charge on any atom is -0.465 e. The second-order valence-corrected chi connectivity index (χ2v) is 2.85. The predicted molar refractivity (Wildman–Crippen MR) is 57.5 cm³/mol. The summed E-state index contributed by atoms with van der Waals surface area (Å²) in [5.74, 6) is 1.50. The first kappa shape index (κ1) is 11.2. The summed E-state index contributed by atoms with van der Waals surface area (Å²) in [5, 5.41) is 7.07. The minimum atomic E-state index is -0.578. The molecule has 0 aromatic heterocycles. The molecule has 4 nitrogen and oxygen atoms in total. The summed E-state index contributed by atoms with van der Waals surface area (Å²) < 4.78 is 4.56. The lowest BCUT2D eigenvalue weighted by molar-refractivity contribution is -0.133. The zero-order chi connectivity index (χ0) is 11.3. The van der Waals surface area contributed by atoms with E-state index in [0.717, 1.165) is 5.56 Å². The number of nitrogens with one attached hydrogen (secondary N) is 1. The van der Waals surface area contributed by atoms with Gasteiger partial charge in [0.15, 0.2) is 0 Å². The van der Waals surface area contributed by atoms with E-state index in [0.29, 0.717) is 12.1 Å². The van der Waals surface area contributed by atoms with Crippen molar-refractivity contribution < 1.29 is 9.53 Å². The van der Waals surface area contributed by atoms with Crippen molar-refractivity contribution in [2.24, 2.45) is 5.73 Å². The van der Waals surface area contributed by atoms with Crippen LogP contribution in [0.4, 0.5) is 0 Å². The Morgan fingerprint density at radius 3 is 2.73 bits per heavy atom. The quantitative estimate of drug-likeness (QED) is 0.437. The first-order chi connectivity index (χ1) is 7.24. The van der Waals surface area contributed by atoms with Crippen molar-refractivity contribution in [3.05, 3.63) is 35.4 Å². The Labute approximate surface area is 87.9 Å². The van der Waals surface area contributed by atoms with Gasteiger partial charge in [-0.15, -0.1) is 0 Å². The Bertz CT molecular complexity index is 420. The Kier molecular flexibility index (Phi) is 3.80. The topological polar surface area (TPSA) is 76.2 Å². The van der Waals surface area contributed by atoms with E-state index in [1.54, 1.807) is 18.2 Å². The molecule has 0 saturated heterocycles. The van der Waals surface area contributed by atoms with Crippen LogP contribution in [0.15, 0.2) is 24.3 Å². The second-order valence-electron chi connectivity index (χ2n) is 2.85. The highest BCUT2D eigenvalue weighted by Gasteiger charge is 2.14. The summed E-state index contributed by atoms with van der Waals surface area (Å²) in [4.78, 5) is 11.3. The number of carbonyl (C=O) groups excluding carboxylic acids is 1. The molecule has 4 heteroatoms. The number of nitrogens with two attached hydrogens (primary N) is 1. The van der Waals surface area contributed by atoms with Gasteiger partial charge >= 0.3 is 5.97 Å². The van der Waals surface area contributed by atoms with Crippen LogP contribution < -0.4 is 5.73 Å². The van der Waals surface area contributed by atoms with E-state index in [2.05, 4.69) is 10.6 Å². The molecule has 0 saturated carbocycles. The lowest BCUT2D eigenvalue weighted by Crippen LogP contribution is -2.08. The van der Waals surface area contributed by atoms with Crippen LogP contribution in [0.25, 0.3) is 5.57 Å². The predicted octanol–water partition coefficient (Wildman–Crippen LogP) is 0.950. The minimum absolute atomic E-state index is 0.0959. The molecule has 0 atom stereocenters. The van der Waals surface area contributed by atoms with Crippen LogP contribution >= 0.6 is 0 Å². The van der Waals surface area contributed by atoms with Crippen molar-refractivity contribution in [1.29, 1.82) is 5.41 Å². The summed E-state index contributed by atoms with van der Waals surface area (Å²) in [6, 6.07) is 7.12. The van der Waals surface area contributed by atoms with Crippen LogP contribution in [0.2, 0.25) is 0 Å². The molecule has 78 valence electrons. The van der Waals surface area contributed by atoms with E-state index in [1.165, 1.54) is 7.11 Å². The van der Waals surface area contributed by atoms with E-state index < -0.39 is 5.97 Å². The van der Waals surface area contributed by atoms with Gasteiger partial charge in [-0.2, -0.15) is 0 Å². The maximum absolute atomic E-state index is 11.3. The number of hydrogen-bond acceptors (Lipinski definition) is 4. The highest BCUT2D eigenvalue weighted by molar-refractivity contribution is 6.25. The molecule has 1 aromatic rings. The molecule has 0 unspecified atom stereocenters. The van der Waals surface area contributed by atoms with E-state index in [9.17, 15) is 4.79 Å². The van der Waals surface area contributed by atoms with Gasteiger partial charge in [0.1, 0.15) is 5.57 Å². The third-order valence-electron chi connectivity index (χ3n) is 2.02. The molecule has 0 heterocycles. The molecular weight excluding hydrogens is 192 g/mol. The van der Waals surface area contributed by atoms with Crippen molar-refractivity contribution in [1.82, 2.24) is 0 Å². The molecule has 0 aliphatic heterocycles. The first-order valence-corrected chi connectivity index (χ1v) is 4.41. The molecule has 15 heavy (non-hydrogen) atoms. The monoisotopic (exact) mass is 204 g/mol. The Morgan fingerprint density at radius 2 is 2.20 bits per heavy atom. The maximum atomic E-state index is 11.3. The van der Waals surface area contributed by atoms with Crippen molar-refractivity contribution >= 4 is 17.4 Å². The molecular formula is C11H12N2O2. The highest BCUT2D eigenvalue weighted by atomic mass is 16.5. The lowest BCUT2D eigenvalue weighted by atomic mass is 10.0. The summed E-state index contributed by atoms with van der Waals surface area (Å²) in [6.45, 7) is 0.304. The molecule has 0 radical (unpaired) electrons. The molecule has 1 aromatic carbocycles. The molecule has 0 bridgehead atoms. The zero-order valence-electron chi connectivity index (χ0n) is 8.41. The van der Waals surface area contributed by atoms with E-state index in [1.807, 2.05) is 6.07 Å². The van der Waals surface area contributed by atoms with Gasteiger partial charge in [-0.25, -0.2) is 4.79 Å². The largest absolute Gasteiger partial charge is 0.465 e. The van der Waals surface area contributed by atoms with Gasteiger partial charge in [0.05, 0.1) is 7.11 Å². The normalized spacial score (nSPS) is 9.20. The molecule has 0 fully saturated rings. The molecule has 0 aliphatic rings. The summed E-state index contributed by atoms with van der Waals surface area (Å²) >= 11 is 0. The maximum Gasteiger partial charge on any atom is 0.348 e. The van der Waals surface area contributed by atoms with Gasteiger partial charge < -0.3 is 10.5 Å². The molecule has 0 aliphatic carbocycles. The van der Waals surface area contributed by atoms with Gasteiger partial charge in [0.25, 0.3) is 0 Å². The van der Waals surface area contributed by atoms with Crippen LogP contribution in [0.1, 0.15) is 11.1 Å². The van der Waals surface area contributed by atoms with Crippen molar-refractivity contribution in [2.75, 3.05) is 7.11 Å². The fourth-order valence-electron chi connectivity index (χ4n) is 1.27. The third kappa shape index (κ3) is 2.31. The number of esters is 1. The number of rotatable bonds is 3. The number of benzene rings is 1.